The molecule has 0 aromatic rings. The van der Waals surface area contributed by atoms with Crippen molar-refractivity contribution in [2.45, 2.75) is 46.6 Å². The lowest BCUT2D eigenvalue weighted by atomic mass is 10.0. The number of amides is 1. The maximum Gasteiger partial charge on any atom is 0.248 e. The van der Waals surface area contributed by atoms with Crippen LogP contribution in [0.15, 0.2) is 11.6 Å². The molecule has 0 heterocycles. The number of carbonyl (C=O) groups excluding carboxylic acids is 1. The van der Waals surface area contributed by atoms with Crippen molar-refractivity contribution in [2.24, 2.45) is 11.7 Å². The van der Waals surface area contributed by atoms with Crippen molar-refractivity contribution in [1.82, 2.24) is 4.90 Å². The monoisotopic (exact) mass is 226 g/mol. The molecule has 94 valence electrons. The zero-order chi connectivity index (χ0) is 12.7. The lowest BCUT2D eigenvalue weighted by molar-refractivity contribution is -0.125. The Bertz CT molecular complexity index is 246. The van der Waals surface area contributed by atoms with Crippen LogP contribution in [-0.2, 0) is 4.79 Å². The number of nitrogens with zero attached hydrogens (tertiary/aromatic N) is 1. The summed E-state index contributed by atoms with van der Waals surface area (Å²) in [6, 6.07) is 0.172. The Morgan fingerprint density at radius 3 is 2.44 bits per heavy atom. The Morgan fingerprint density at radius 2 is 2.00 bits per heavy atom. The summed E-state index contributed by atoms with van der Waals surface area (Å²) in [5.74, 6) is 0.577. The summed E-state index contributed by atoms with van der Waals surface area (Å²) in [7, 11) is 1.84. The van der Waals surface area contributed by atoms with Crippen molar-refractivity contribution in [1.29, 1.82) is 0 Å². The van der Waals surface area contributed by atoms with Gasteiger partial charge in [0, 0.05) is 25.2 Å². The Morgan fingerprint density at radius 1 is 1.44 bits per heavy atom. The van der Waals surface area contributed by atoms with Crippen LogP contribution in [0, 0.1) is 5.92 Å². The summed E-state index contributed by atoms with van der Waals surface area (Å²) in [4.78, 5) is 13.6. The molecule has 0 aliphatic heterocycles. The van der Waals surface area contributed by atoms with Gasteiger partial charge in [-0.15, -0.1) is 0 Å². The molecular formula is C13H26N2O. The van der Waals surface area contributed by atoms with Crippen LogP contribution in [0.2, 0.25) is 0 Å². The molecule has 3 nitrogen and oxygen atoms in total. The molecule has 0 aliphatic carbocycles. The maximum atomic E-state index is 11.8. The molecule has 0 saturated carbocycles. The van der Waals surface area contributed by atoms with E-state index in [-0.39, 0.29) is 11.9 Å². The molecule has 0 aromatic carbocycles. The van der Waals surface area contributed by atoms with Crippen LogP contribution in [0.3, 0.4) is 0 Å². The average molecular weight is 226 g/mol. The van der Waals surface area contributed by atoms with E-state index in [1.54, 1.807) is 4.90 Å². The number of nitrogens with two attached hydrogens (primary N) is 1. The molecule has 0 fully saturated rings. The second-order valence-electron chi connectivity index (χ2n) is 4.72. The van der Waals surface area contributed by atoms with Crippen LogP contribution in [0.5, 0.6) is 0 Å². The van der Waals surface area contributed by atoms with E-state index in [9.17, 15) is 4.79 Å². The van der Waals surface area contributed by atoms with Gasteiger partial charge >= 0.3 is 0 Å². The highest BCUT2D eigenvalue weighted by Gasteiger charge is 2.13. The predicted octanol–water partition coefficient (Wildman–Crippen LogP) is 2.17. The lowest BCUT2D eigenvalue weighted by Crippen LogP contribution is -2.34. The van der Waals surface area contributed by atoms with Gasteiger partial charge < -0.3 is 10.6 Å². The average Bonchev–Trinajstić information content (AvgIpc) is 2.24. The Kier molecular flexibility index (Phi) is 7.06. The van der Waals surface area contributed by atoms with E-state index in [0.717, 1.165) is 25.0 Å². The van der Waals surface area contributed by atoms with Gasteiger partial charge in [-0.25, -0.2) is 0 Å². The molecule has 2 N–H and O–H groups in total. The highest BCUT2D eigenvalue weighted by atomic mass is 16.2. The molecule has 1 unspecified atom stereocenters. The highest BCUT2D eigenvalue weighted by molar-refractivity contribution is 5.92. The van der Waals surface area contributed by atoms with Gasteiger partial charge in [0.25, 0.3) is 0 Å². The highest BCUT2D eigenvalue weighted by Crippen LogP contribution is 2.06. The van der Waals surface area contributed by atoms with Crippen LogP contribution in [0.25, 0.3) is 0 Å². The summed E-state index contributed by atoms with van der Waals surface area (Å²) in [6.07, 6.45) is 3.72. The largest absolute Gasteiger partial charge is 0.342 e. The van der Waals surface area contributed by atoms with Crippen LogP contribution in [-0.4, -0.2) is 30.4 Å². The molecule has 0 saturated heterocycles. The van der Waals surface area contributed by atoms with Crippen molar-refractivity contribution in [2.75, 3.05) is 13.6 Å². The first-order valence-electron chi connectivity index (χ1n) is 6.07. The molecule has 0 rings (SSSR count). The minimum atomic E-state index is 0.109. The van der Waals surface area contributed by atoms with Crippen LogP contribution in [0.4, 0.5) is 0 Å². The molecule has 0 aromatic heterocycles. The van der Waals surface area contributed by atoms with Crippen molar-refractivity contribution in [3.05, 3.63) is 11.6 Å². The van der Waals surface area contributed by atoms with E-state index >= 15 is 0 Å². The van der Waals surface area contributed by atoms with Gasteiger partial charge in [0.2, 0.25) is 5.91 Å². The fourth-order valence-electron chi connectivity index (χ4n) is 1.47. The van der Waals surface area contributed by atoms with Gasteiger partial charge in [-0.05, 0) is 25.7 Å². The first-order chi connectivity index (χ1) is 7.40. The number of hydrogen-bond donors (Lipinski definition) is 1. The molecule has 3 heteroatoms. The summed E-state index contributed by atoms with van der Waals surface area (Å²) in [6.45, 7) is 8.84. The van der Waals surface area contributed by atoms with Gasteiger partial charge in [0.05, 0.1) is 0 Å². The number of rotatable bonds is 6. The summed E-state index contributed by atoms with van der Waals surface area (Å²) < 4.78 is 0. The van der Waals surface area contributed by atoms with Crippen LogP contribution < -0.4 is 5.73 Å². The summed E-state index contributed by atoms with van der Waals surface area (Å²) in [5.41, 5.74) is 6.77. The Labute approximate surface area is 99.7 Å². The fourth-order valence-corrected chi connectivity index (χ4v) is 1.47. The maximum absolute atomic E-state index is 11.8. The lowest BCUT2D eigenvalue weighted by Gasteiger charge is -2.21. The van der Waals surface area contributed by atoms with Gasteiger partial charge in [-0.1, -0.05) is 26.8 Å². The smallest absolute Gasteiger partial charge is 0.248 e. The third kappa shape index (κ3) is 5.31. The molecular weight excluding hydrogens is 200 g/mol. The molecule has 1 amide bonds. The van der Waals surface area contributed by atoms with Crippen molar-refractivity contribution in [3.8, 4) is 0 Å². The normalized spacial score (nSPS) is 14.1. The zero-order valence-electron chi connectivity index (χ0n) is 11.3. The molecule has 1 atom stereocenters. The first-order valence-corrected chi connectivity index (χ1v) is 6.07. The van der Waals surface area contributed by atoms with E-state index in [2.05, 4.69) is 13.8 Å². The Balaban J connectivity index is 4.11. The number of likely N-dealkylation sites (N-methyl/N-ethyl adjacent to an activating group) is 1. The zero-order valence-corrected chi connectivity index (χ0v) is 11.3. The van der Waals surface area contributed by atoms with Gasteiger partial charge in [-0.3, -0.25) is 4.79 Å². The number of carbonyl (C=O) groups is 1. The summed E-state index contributed by atoms with van der Waals surface area (Å²) >= 11 is 0. The van der Waals surface area contributed by atoms with Gasteiger partial charge in [0.15, 0.2) is 0 Å². The quantitative estimate of drug-likeness (QED) is 0.706. The van der Waals surface area contributed by atoms with Crippen molar-refractivity contribution in [3.63, 3.8) is 0 Å². The fraction of sp³-hybridized carbons (Fsp3) is 0.769. The number of hydrogen-bond acceptors (Lipinski definition) is 2. The van der Waals surface area contributed by atoms with E-state index in [1.807, 2.05) is 27.0 Å². The molecule has 0 spiro atoms. The van der Waals surface area contributed by atoms with E-state index in [1.165, 1.54) is 0 Å². The second-order valence-corrected chi connectivity index (χ2v) is 4.72. The standard InChI is InChI=1S/C13H26N2O/c1-6-7-11(4)13(16)15(5)9-8-12(14)10(2)3/h7,10,12H,6,8-9,14H2,1-5H3/b11-7-. The minimum Gasteiger partial charge on any atom is -0.342 e. The number of allylic oxidation sites excluding steroid dienone is 1. The first kappa shape index (κ1) is 15.2. The third-order valence-corrected chi connectivity index (χ3v) is 2.85. The SMILES string of the molecule is CC/C=C(/C)C(=O)N(C)CCC(N)C(C)C. The third-order valence-electron chi connectivity index (χ3n) is 2.85. The van der Waals surface area contributed by atoms with E-state index in [0.29, 0.717) is 5.92 Å². The predicted molar refractivity (Wildman–Crippen MR) is 69.1 cm³/mol. The molecule has 0 aliphatic rings. The van der Waals surface area contributed by atoms with Crippen molar-refractivity contribution >= 4 is 5.91 Å². The topological polar surface area (TPSA) is 46.3 Å². The van der Waals surface area contributed by atoms with Crippen LogP contribution >= 0.6 is 0 Å². The summed E-state index contributed by atoms with van der Waals surface area (Å²) in [5, 5.41) is 0. The van der Waals surface area contributed by atoms with Gasteiger partial charge in [-0.2, -0.15) is 0 Å². The molecule has 16 heavy (non-hydrogen) atoms. The van der Waals surface area contributed by atoms with E-state index in [4.69, 9.17) is 5.73 Å². The molecule has 0 bridgehead atoms. The molecule has 0 radical (unpaired) electrons. The van der Waals surface area contributed by atoms with Gasteiger partial charge in [0.1, 0.15) is 0 Å². The van der Waals surface area contributed by atoms with E-state index < -0.39 is 0 Å². The Hall–Kier alpha value is -0.830. The second kappa shape index (κ2) is 7.44. The van der Waals surface area contributed by atoms with Crippen molar-refractivity contribution < 1.29 is 4.79 Å². The van der Waals surface area contributed by atoms with Crippen LogP contribution in [0.1, 0.15) is 40.5 Å². The minimum absolute atomic E-state index is 0.109.